The second-order valence-electron chi connectivity index (χ2n) is 8.64. The summed E-state index contributed by atoms with van der Waals surface area (Å²) in [6, 6.07) is 8.56. The van der Waals surface area contributed by atoms with E-state index in [0.717, 1.165) is 35.4 Å². The van der Waals surface area contributed by atoms with Crippen molar-refractivity contribution >= 4 is 22.4 Å². The molecule has 0 saturated heterocycles. The Balaban J connectivity index is 1.43. The van der Waals surface area contributed by atoms with Crippen LogP contribution in [0.4, 0.5) is 4.39 Å². The number of aromatic hydroxyl groups is 1. The van der Waals surface area contributed by atoms with Crippen LogP contribution in [0.5, 0.6) is 5.75 Å². The Morgan fingerprint density at radius 1 is 1.26 bits per heavy atom. The van der Waals surface area contributed by atoms with Crippen LogP contribution in [-0.2, 0) is 11.2 Å². The number of H-pyrrole nitrogens is 2. The van der Waals surface area contributed by atoms with Gasteiger partial charge in [0.2, 0.25) is 5.91 Å². The van der Waals surface area contributed by atoms with E-state index in [4.69, 9.17) is 4.98 Å². The third-order valence-electron chi connectivity index (χ3n) is 6.51. The van der Waals surface area contributed by atoms with Crippen molar-refractivity contribution in [3.8, 4) is 28.4 Å². The van der Waals surface area contributed by atoms with Crippen molar-refractivity contribution in [1.29, 1.82) is 0 Å². The lowest BCUT2D eigenvalue weighted by Crippen LogP contribution is -2.37. The second-order valence-corrected chi connectivity index (χ2v) is 8.64. The zero-order valence-corrected chi connectivity index (χ0v) is 19.7. The molecule has 8 nitrogen and oxygen atoms in total. The number of rotatable bonds is 6. The number of imidazole rings is 1. The van der Waals surface area contributed by atoms with E-state index >= 15 is 4.39 Å². The third-order valence-corrected chi connectivity index (χ3v) is 6.51. The number of carbonyl (C=O) groups is 1. The van der Waals surface area contributed by atoms with Crippen molar-refractivity contribution in [1.82, 2.24) is 30.4 Å². The molecular weight excluding hydrogens is 447 g/mol. The lowest BCUT2D eigenvalue weighted by Gasteiger charge is -2.24. The molecule has 4 N–H and O–H groups in total. The van der Waals surface area contributed by atoms with Gasteiger partial charge in [0.15, 0.2) is 11.6 Å². The highest BCUT2D eigenvalue weighted by Crippen LogP contribution is 2.35. The summed E-state index contributed by atoms with van der Waals surface area (Å²) in [6.07, 6.45) is 5.38. The maximum absolute atomic E-state index is 15.5. The number of benzene rings is 2. The van der Waals surface area contributed by atoms with E-state index in [-0.39, 0.29) is 17.5 Å². The van der Waals surface area contributed by atoms with Crippen LogP contribution in [0, 0.1) is 5.82 Å². The minimum Gasteiger partial charge on any atom is -0.508 e. The number of aryl methyl sites for hydroxylation is 1. The van der Waals surface area contributed by atoms with E-state index in [1.165, 1.54) is 0 Å². The highest BCUT2D eigenvalue weighted by molar-refractivity contribution is 5.95. The topological polar surface area (TPSA) is 110 Å². The number of nitrogens with one attached hydrogen (secondary N) is 3. The summed E-state index contributed by atoms with van der Waals surface area (Å²) in [7, 11) is 1.64. The Hall–Kier alpha value is -3.98. The van der Waals surface area contributed by atoms with Crippen molar-refractivity contribution < 1.29 is 14.3 Å². The summed E-state index contributed by atoms with van der Waals surface area (Å²) in [6.45, 7) is 3.81. The van der Waals surface area contributed by atoms with E-state index < -0.39 is 0 Å². The molecule has 0 radical (unpaired) electrons. The number of hydrogen-bond donors (Lipinski definition) is 4. The number of carbonyl (C=O) groups excluding carboxylic acids is 1. The molecular formula is C26H27FN6O2. The number of hydrogen-bond acceptors (Lipinski definition) is 5. The number of aromatic amines is 2. The lowest BCUT2D eigenvalue weighted by atomic mass is 9.96. The average molecular weight is 475 g/mol. The first-order valence-corrected chi connectivity index (χ1v) is 11.7. The molecule has 35 heavy (non-hydrogen) atoms. The second kappa shape index (κ2) is 9.34. The Labute approximate surface area is 201 Å². The van der Waals surface area contributed by atoms with Crippen molar-refractivity contribution in [2.75, 3.05) is 26.7 Å². The van der Waals surface area contributed by atoms with Crippen LogP contribution in [-0.4, -0.2) is 62.8 Å². The molecule has 5 rings (SSSR count). The van der Waals surface area contributed by atoms with Gasteiger partial charge in [-0.25, -0.2) is 9.37 Å². The number of fused-ring (bicyclic) bond motifs is 1. The van der Waals surface area contributed by atoms with Crippen LogP contribution >= 0.6 is 0 Å². The number of amides is 1. The van der Waals surface area contributed by atoms with Crippen LogP contribution in [0.25, 0.3) is 39.1 Å². The minimum atomic E-state index is -0.389. The predicted molar refractivity (Wildman–Crippen MR) is 133 cm³/mol. The number of halogens is 1. The zero-order chi connectivity index (χ0) is 24.5. The fourth-order valence-corrected chi connectivity index (χ4v) is 4.56. The molecule has 2 aromatic heterocycles. The SMILES string of the molecule is CCc1cc(O)ccc1-c1ccc2c(-c3nc(C4=CCN(CC(=O)NC)CC4)c[nH]3)n[nH]c2c1F. The van der Waals surface area contributed by atoms with E-state index in [2.05, 4.69) is 31.5 Å². The largest absolute Gasteiger partial charge is 0.508 e. The fourth-order valence-electron chi connectivity index (χ4n) is 4.56. The maximum Gasteiger partial charge on any atom is 0.233 e. The van der Waals surface area contributed by atoms with Crippen LogP contribution in [0.2, 0.25) is 0 Å². The van der Waals surface area contributed by atoms with Gasteiger partial charge in [-0.1, -0.05) is 25.1 Å². The number of nitrogens with zero attached hydrogens (tertiary/aromatic N) is 3. The van der Waals surface area contributed by atoms with E-state index in [0.29, 0.717) is 47.5 Å². The molecule has 1 amide bonds. The molecule has 180 valence electrons. The number of aromatic nitrogens is 4. The number of phenolic OH excluding ortho intramolecular Hbond substituents is 1. The molecule has 0 spiro atoms. The van der Waals surface area contributed by atoms with Crippen LogP contribution in [0.1, 0.15) is 24.6 Å². The Kier molecular flexibility index (Phi) is 6.08. The molecule has 1 aliphatic rings. The molecule has 3 heterocycles. The number of likely N-dealkylation sites (N-methyl/N-ethyl adjacent to an activating group) is 1. The normalized spacial score (nSPS) is 14.3. The molecule has 0 atom stereocenters. The molecule has 0 bridgehead atoms. The van der Waals surface area contributed by atoms with Gasteiger partial charge in [0.05, 0.1) is 12.2 Å². The monoisotopic (exact) mass is 474 g/mol. The standard InChI is InChI=1S/C26H27FN6O2/c1-3-15-12-17(34)4-5-18(15)19-6-7-20-24(23(19)27)31-32-25(20)26-29-13-21(30-26)16-8-10-33(11-9-16)14-22(35)28-2/h4-8,12-13,34H,3,9-11,14H2,1-2H3,(H,28,35)(H,29,30)(H,31,32). The summed E-state index contributed by atoms with van der Waals surface area (Å²) in [4.78, 5) is 21.6. The van der Waals surface area contributed by atoms with Gasteiger partial charge in [-0.2, -0.15) is 5.10 Å². The van der Waals surface area contributed by atoms with Crippen LogP contribution in [0.15, 0.2) is 42.6 Å². The quantitative estimate of drug-likeness (QED) is 0.339. The first-order valence-electron chi connectivity index (χ1n) is 11.7. The smallest absolute Gasteiger partial charge is 0.233 e. The van der Waals surface area contributed by atoms with E-state index in [1.807, 2.05) is 19.2 Å². The van der Waals surface area contributed by atoms with Crippen molar-refractivity contribution in [2.24, 2.45) is 0 Å². The Morgan fingerprint density at radius 2 is 2.09 bits per heavy atom. The predicted octanol–water partition coefficient (Wildman–Crippen LogP) is 3.86. The summed E-state index contributed by atoms with van der Waals surface area (Å²) < 4.78 is 15.5. The Morgan fingerprint density at radius 3 is 2.83 bits per heavy atom. The molecule has 9 heteroatoms. The van der Waals surface area contributed by atoms with Gasteiger partial charge in [-0.3, -0.25) is 14.8 Å². The molecule has 4 aromatic rings. The highest BCUT2D eigenvalue weighted by atomic mass is 19.1. The lowest BCUT2D eigenvalue weighted by molar-refractivity contribution is -0.121. The minimum absolute atomic E-state index is 0.000958. The molecule has 1 aliphatic heterocycles. The molecule has 0 saturated carbocycles. The highest BCUT2D eigenvalue weighted by Gasteiger charge is 2.21. The van der Waals surface area contributed by atoms with Crippen molar-refractivity contribution in [2.45, 2.75) is 19.8 Å². The summed E-state index contributed by atoms with van der Waals surface area (Å²) in [5.41, 5.74) is 4.86. The van der Waals surface area contributed by atoms with E-state index in [1.54, 1.807) is 31.3 Å². The molecule has 0 aliphatic carbocycles. The van der Waals surface area contributed by atoms with Gasteiger partial charge < -0.3 is 15.4 Å². The van der Waals surface area contributed by atoms with Gasteiger partial charge >= 0.3 is 0 Å². The van der Waals surface area contributed by atoms with Crippen LogP contribution in [0.3, 0.4) is 0 Å². The fraction of sp³-hybridized carbons (Fsp3) is 0.269. The molecule has 2 aromatic carbocycles. The average Bonchev–Trinajstić information content (AvgIpc) is 3.52. The van der Waals surface area contributed by atoms with Gasteiger partial charge in [0.25, 0.3) is 0 Å². The first-order chi connectivity index (χ1) is 17.0. The van der Waals surface area contributed by atoms with Crippen molar-refractivity contribution in [3.63, 3.8) is 0 Å². The Bertz CT molecular complexity index is 1440. The third kappa shape index (κ3) is 4.30. The summed E-state index contributed by atoms with van der Waals surface area (Å²) >= 11 is 0. The van der Waals surface area contributed by atoms with Crippen molar-refractivity contribution in [3.05, 3.63) is 59.7 Å². The van der Waals surface area contributed by atoms with Crippen LogP contribution < -0.4 is 5.32 Å². The van der Waals surface area contributed by atoms with Gasteiger partial charge in [-0.05, 0) is 47.7 Å². The summed E-state index contributed by atoms with van der Waals surface area (Å²) in [5, 5.41) is 20.3. The number of phenols is 1. The maximum atomic E-state index is 15.5. The zero-order valence-electron chi connectivity index (χ0n) is 19.7. The van der Waals surface area contributed by atoms with Gasteiger partial charge in [-0.15, -0.1) is 0 Å². The van der Waals surface area contributed by atoms with E-state index in [9.17, 15) is 9.90 Å². The first kappa shape index (κ1) is 22.8. The molecule has 0 fully saturated rings. The van der Waals surface area contributed by atoms with Gasteiger partial charge in [0.1, 0.15) is 17.0 Å². The summed E-state index contributed by atoms with van der Waals surface area (Å²) in [5.74, 6) is 0.336. The van der Waals surface area contributed by atoms with Gasteiger partial charge in [0, 0.05) is 37.3 Å². The molecule has 0 unspecified atom stereocenters.